The van der Waals surface area contributed by atoms with Crippen molar-refractivity contribution in [3.05, 3.63) is 34.9 Å². The first-order valence-corrected chi connectivity index (χ1v) is 7.34. The molecule has 138 valence electrons. The maximum absolute atomic E-state index is 12.7. The van der Waals surface area contributed by atoms with Gasteiger partial charge >= 0.3 is 12.4 Å². The third-order valence-electron chi connectivity index (χ3n) is 3.51. The third kappa shape index (κ3) is 5.36. The first-order chi connectivity index (χ1) is 11.5. The molecule has 4 nitrogen and oxygen atoms in total. The van der Waals surface area contributed by atoms with Gasteiger partial charge in [0.1, 0.15) is 0 Å². The molecule has 0 atom stereocenters. The summed E-state index contributed by atoms with van der Waals surface area (Å²) in [6.07, 6.45) is -8.48. The number of nitrogens with one attached hydrogen (secondary N) is 2. The van der Waals surface area contributed by atoms with Gasteiger partial charge in [0.15, 0.2) is 0 Å². The lowest BCUT2D eigenvalue weighted by Crippen LogP contribution is -2.35. The van der Waals surface area contributed by atoms with E-state index in [9.17, 15) is 35.9 Å². The van der Waals surface area contributed by atoms with E-state index in [-0.39, 0.29) is 31.0 Å². The molecule has 1 fully saturated rings. The van der Waals surface area contributed by atoms with Crippen molar-refractivity contribution in [1.82, 2.24) is 10.6 Å². The molecule has 10 heteroatoms. The van der Waals surface area contributed by atoms with E-state index in [1.165, 1.54) is 0 Å². The second-order valence-corrected chi connectivity index (χ2v) is 5.62. The molecular weight excluding hydrogens is 354 g/mol. The highest BCUT2D eigenvalue weighted by atomic mass is 19.4. The Labute approximate surface area is 138 Å². The molecule has 2 rings (SSSR count). The van der Waals surface area contributed by atoms with Crippen LogP contribution in [-0.4, -0.2) is 24.9 Å². The van der Waals surface area contributed by atoms with E-state index in [0.717, 1.165) is 12.8 Å². The zero-order valence-electron chi connectivity index (χ0n) is 12.7. The zero-order chi connectivity index (χ0) is 18.8. The van der Waals surface area contributed by atoms with Gasteiger partial charge in [-0.1, -0.05) is 0 Å². The van der Waals surface area contributed by atoms with Crippen LogP contribution in [0, 0.1) is 5.92 Å². The molecule has 1 aromatic carbocycles. The quantitative estimate of drug-likeness (QED) is 0.620. The first-order valence-electron chi connectivity index (χ1n) is 7.34. The molecule has 1 aliphatic rings. The fraction of sp³-hybridized carbons (Fsp3) is 0.467. The second kappa shape index (κ2) is 6.93. The first kappa shape index (κ1) is 19.1. The molecular formula is C15H14F6N2O2. The van der Waals surface area contributed by atoms with Crippen LogP contribution in [0.25, 0.3) is 0 Å². The van der Waals surface area contributed by atoms with Gasteiger partial charge in [0, 0.05) is 24.6 Å². The minimum atomic E-state index is -5.02. The van der Waals surface area contributed by atoms with Crippen LogP contribution in [0.3, 0.4) is 0 Å². The van der Waals surface area contributed by atoms with Crippen molar-refractivity contribution in [3.63, 3.8) is 0 Å². The van der Waals surface area contributed by atoms with E-state index >= 15 is 0 Å². The number of rotatable bonds is 5. The molecule has 0 spiro atoms. The Kier molecular flexibility index (Phi) is 5.28. The highest BCUT2D eigenvalue weighted by Crippen LogP contribution is 2.36. The highest BCUT2D eigenvalue weighted by Gasteiger charge is 2.37. The molecule has 1 saturated carbocycles. The Morgan fingerprint density at radius 1 is 0.880 bits per heavy atom. The summed E-state index contributed by atoms with van der Waals surface area (Å²) < 4.78 is 76.4. The van der Waals surface area contributed by atoms with E-state index in [4.69, 9.17) is 0 Å². The summed E-state index contributed by atoms with van der Waals surface area (Å²) in [5, 5.41) is 4.69. The Morgan fingerprint density at radius 3 is 1.80 bits per heavy atom. The number of hydrogen-bond donors (Lipinski definition) is 2. The summed E-state index contributed by atoms with van der Waals surface area (Å²) in [5.41, 5.74) is -3.88. The molecule has 2 N–H and O–H groups in total. The molecule has 1 aliphatic carbocycles. The fourth-order valence-corrected chi connectivity index (χ4v) is 2.04. The summed E-state index contributed by atoms with van der Waals surface area (Å²) in [4.78, 5) is 23.2. The highest BCUT2D eigenvalue weighted by molar-refractivity contribution is 5.94. The predicted octanol–water partition coefficient (Wildman–Crippen LogP) is 2.98. The Bertz CT molecular complexity index is 633. The normalized spacial score (nSPS) is 15.0. The summed E-state index contributed by atoms with van der Waals surface area (Å²) in [6, 6.07) is 0.660. The maximum atomic E-state index is 12.7. The lowest BCUT2D eigenvalue weighted by atomic mass is 10.0. The zero-order valence-corrected chi connectivity index (χ0v) is 12.7. The molecule has 2 amide bonds. The van der Waals surface area contributed by atoms with Gasteiger partial charge in [-0.25, -0.2) is 0 Å². The van der Waals surface area contributed by atoms with Crippen molar-refractivity contribution in [1.29, 1.82) is 0 Å². The van der Waals surface area contributed by atoms with Crippen molar-refractivity contribution in [3.8, 4) is 0 Å². The van der Waals surface area contributed by atoms with Crippen molar-refractivity contribution in [2.24, 2.45) is 5.92 Å². The SMILES string of the molecule is O=C(NCCNC(=O)C1CC1)c1cc(C(F)(F)F)cc(C(F)(F)F)c1. The summed E-state index contributed by atoms with van der Waals surface area (Å²) in [7, 11) is 0. The van der Waals surface area contributed by atoms with Gasteiger partial charge in [0.05, 0.1) is 11.1 Å². The largest absolute Gasteiger partial charge is 0.416 e. The predicted molar refractivity (Wildman–Crippen MR) is 74.5 cm³/mol. The van der Waals surface area contributed by atoms with Crippen molar-refractivity contribution in [2.75, 3.05) is 13.1 Å². The Balaban J connectivity index is 2.05. The van der Waals surface area contributed by atoms with Crippen LogP contribution in [0.15, 0.2) is 18.2 Å². The summed E-state index contributed by atoms with van der Waals surface area (Å²) in [5.74, 6) is -1.32. The fourth-order valence-electron chi connectivity index (χ4n) is 2.04. The minimum absolute atomic E-state index is 0.0339. The van der Waals surface area contributed by atoms with Crippen molar-refractivity contribution >= 4 is 11.8 Å². The summed E-state index contributed by atoms with van der Waals surface area (Å²) >= 11 is 0. The van der Waals surface area contributed by atoms with Gasteiger partial charge in [-0.2, -0.15) is 26.3 Å². The lowest BCUT2D eigenvalue weighted by molar-refractivity contribution is -0.143. The van der Waals surface area contributed by atoms with Gasteiger partial charge in [-0.05, 0) is 31.0 Å². The number of amides is 2. The average molecular weight is 368 g/mol. The van der Waals surface area contributed by atoms with Crippen LogP contribution in [0.5, 0.6) is 0 Å². The number of benzene rings is 1. The number of alkyl halides is 6. The lowest BCUT2D eigenvalue weighted by Gasteiger charge is -2.14. The van der Waals surface area contributed by atoms with Crippen molar-refractivity contribution in [2.45, 2.75) is 25.2 Å². The van der Waals surface area contributed by atoms with E-state index in [2.05, 4.69) is 10.6 Å². The minimum Gasteiger partial charge on any atom is -0.354 e. The molecule has 0 unspecified atom stereocenters. The Morgan fingerprint density at radius 2 is 1.36 bits per heavy atom. The van der Waals surface area contributed by atoms with Crippen LogP contribution >= 0.6 is 0 Å². The molecule has 0 saturated heterocycles. The van der Waals surface area contributed by atoms with Gasteiger partial charge in [-0.15, -0.1) is 0 Å². The third-order valence-corrected chi connectivity index (χ3v) is 3.51. The molecule has 0 heterocycles. The number of halogens is 6. The molecule has 0 bridgehead atoms. The molecule has 0 aromatic heterocycles. The standard InChI is InChI=1S/C15H14F6N2O2/c16-14(17,18)10-5-9(6-11(7-10)15(19,20)21)13(25)23-4-3-22-12(24)8-1-2-8/h5-8H,1-4H2,(H,22,24)(H,23,25). The van der Waals surface area contributed by atoms with Crippen LogP contribution in [0.2, 0.25) is 0 Å². The molecule has 25 heavy (non-hydrogen) atoms. The topological polar surface area (TPSA) is 58.2 Å². The van der Waals surface area contributed by atoms with E-state index in [0.29, 0.717) is 12.1 Å². The maximum Gasteiger partial charge on any atom is 0.416 e. The summed E-state index contributed by atoms with van der Waals surface area (Å²) in [6.45, 7) is -0.0823. The van der Waals surface area contributed by atoms with Crippen LogP contribution in [0.4, 0.5) is 26.3 Å². The molecule has 0 radical (unpaired) electrons. The second-order valence-electron chi connectivity index (χ2n) is 5.62. The van der Waals surface area contributed by atoms with E-state index < -0.39 is 35.0 Å². The van der Waals surface area contributed by atoms with Crippen LogP contribution in [0.1, 0.15) is 34.3 Å². The smallest absolute Gasteiger partial charge is 0.354 e. The van der Waals surface area contributed by atoms with Gasteiger partial charge in [0.2, 0.25) is 5.91 Å². The van der Waals surface area contributed by atoms with Gasteiger partial charge in [-0.3, -0.25) is 9.59 Å². The van der Waals surface area contributed by atoms with Crippen LogP contribution < -0.4 is 10.6 Å². The number of carbonyl (C=O) groups is 2. The average Bonchev–Trinajstić information content (AvgIpc) is 3.33. The van der Waals surface area contributed by atoms with E-state index in [1.807, 2.05) is 0 Å². The molecule has 1 aromatic rings. The van der Waals surface area contributed by atoms with Gasteiger partial charge in [0.25, 0.3) is 5.91 Å². The number of hydrogen-bond acceptors (Lipinski definition) is 2. The van der Waals surface area contributed by atoms with Crippen LogP contribution in [-0.2, 0) is 17.1 Å². The monoisotopic (exact) mass is 368 g/mol. The Hall–Kier alpha value is -2.26. The number of carbonyl (C=O) groups excluding carboxylic acids is 2. The van der Waals surface area contributed by atoms with Crippen molar-refractivity contribution < 1.29 is 35.9 Å². The van der Waals surface area contributed by atoms with E-state index in [1.54, 1.807) is 0 Å². The van der Waals surface area contributed by atoms with Gasteiger partial charge < -0.3 is 10.6 Å². The molecule has 0 aliphatic heterocycles.